The molecular formula is C16H11Cl2N3O2. The van der Waals surface area contributed by atoms with Crippen LogP contribution in [0.15, 0.2) is 54.7 Å². The van der Waals surface area contributed by atoms with Crippen molar-refractivity contribution in [2.24, 2.45) is 0 Å². The largest absolute Gasteiger partial charge is 0.437 e. The molecule has 0 saturated carbocycles. The minimum absolute atomic E-state index is 0.391. The summed E-state index contributed by atoms with van der Waals surface area (Å²) in [6.45, 7) is 0. The van der Waals surface area contributed by atoms with Gasteiger partial charge in [-0.05, 0) is 36.4 Å². The maximum absolute atomic E-state index is 11.4. The van der Waals surface area contributed by atoms with Crippen molar-refractivity contribution in [3.05, 3.63) is 54.7 Å². The first-order chi connectivity index (χ1) is 11.1. The molecule has 0 aliphatic carbocycles. The maximum atomic E-state index is 11.4. The summed E-state index contributed by atoms with van der Waals surface area (Å²) in [4.78, 5) is 18.9. The predicted molar refractivity (Wildman–Crippen MR) is 90.2 cm³/mol. The Labute approximate surface area is 142 Å². The SMILES string of the molecule is O=C(Nc1ccc(Oc2cnc3ccccc3n2)cc1)C(Cl)Cl. The summed E-state index contributed by atoms with van der Waals surface area (Å²) in [5.41, 5.74) is 2.12. The van der Waals surface area contributed by atoms with Gasteiger partial charge in [-0.15, -0.1) is 0 Å². The van der Waals surface area contributed by atoms with Crippen molar-refractivity contribution >= 4 is 45.8 Å². The Bertz CT molecular complexity index is 838. The molecule has 3 rings (SSSR count). The molecule has 23 heavy (non-hydrogen) atoms. The first kappa shape index (κ1) is 15.5. The molecule has 5 nitrogen and oxygen atoms in total. The Morgan fingerprint density at radius 3 is 2.43 bits per heavy atom. The van der Waals surface area contributed by atoms with E-state index in [1.165, 1.54) is 0 Å². The van der Waals surface area contributed by atoms with Crippen LogP contribution < -0.4 is 10.1 Å². The standard InChI is InChI=1S/C16H11Cl2N3O2/c17-15(18)16(22)20-10-5-7-11(8-6-10)23-14-9-19-12-3-1-2-4-13(12)21-14/h1-9,15H,(H,20,22). The molecule has 2 aromatic carbocycles. The quantitative estimate of drug-likeness (QED) is 0.719. The van der Waals surface area contributed by atoms with E-state index in [2.05, 4.69) is 15.3 Å². The minimum Gasteiger partial charge on any atom is -0.437 e. The van der Waals surface area contributed by atoms with Crippen molar-refractivity contribution in [1.82, 2.24) is 9.97 Å². The van der Waals surface area contributed by atoms with Gasteiger partial charge >= 0.3 is 0 Å². The van der Waals surface area contributed by atoms with E-state index in [0.717, 1.165) is 11.0 Å². The molecule has 116 valence electrons. The summed E-state index contributed by atoms with van der Waals surface area (Å²) < 4.78 is 5.66. The topological polar surface area (TPSA) is 64.1 Å². The van der Waals surface area contributed by atoms with Crippen LogP contribution in [0.1, 0.15) is 0 Å². The normalized spacial score (nSPS) is 10.7. The fraction of sp³-hybridized carbons (Fsp3) is 0.0625. The van der Waals surface area contributed by atoms with Crippen molar-refractivity contribution in [1.29, 1.82) is 0 Å². The Kier molecular flexibility index (Phi) is 4.60. The summed E-state index contributed by atoms with van der Waals surface area (Å²) in [6, 6.07) is 14.3. The molecule has 0 saturated heterocycles. The van der Waals surface area contributed by atoms with Gasteiger partial charge in [0.05, 0.1) is 17.2 Å². The molecule has 0 radical (unpaired) electrons. The number of carbonyl (C=O) groups excluding carboxylic acids is 1. The van der Waals surface area contributed by atoms with E-state index in [1.54, 1.807) is 30.5 Å². The molecule has 0 spiro atoms. The summed E-state index contributed by atoms with van der Waals surface area (Å²) in [5.74, 6) is 0.477. The molecule has 1 N–H and O–H groups in total. The predicted octanol–water partition coefficient (Wildman–Crippen LogP) is 4.16. The number of fused-ring (bicyclic) bond motifs is 1. The number of alkyl halides is 2. The second-order valence-electron chi connectivity index (χ2n) is 4.61. The molecule has 1 aromatic heterocycles. The Hall–Kier alpha value is -2.37. The van der Waals surface area contributed by atoms with Crippen molar-refractivity contribution in [3.8, 4) is 11.6 Å². The van der Waals surface area contributed by atoms with Crippen molar-refractivity contribution in [2.45, 2.75) is 4.84 Å². The number of amides is 1. The van der Waals surface area contributed by atoms with Gasteiger partial charge in [-0.1, -0.05) is 35.3 Å². The van der Waals surface area contributed by atoms with E-state index in [4.69, 9.17) is 27.9 Å². The number of benzene rings is 2. The van der Waals surface area contributed by atoms with Crippen molar-refractivity contribution < 1.29 is 9.53 Å². The summed E-state index contributed by atoms with van der Waals surface area (Å²) >= 11 is 11.0. The third-order valence-corrected chi connectivity index (χ3v) is 3.37. The Morgan fingerprint density at radius 2 is 1.74 bits per heavy atom. The highest BCUT2D eigenvalue weighted by atomic mass is 35.5. The third kappa shape index (κ3) is 3.88. The van der Waals surface area contributed by atoms with Crippen LogP contribution in [0.4, 0.5) is 5.69 Å². The molecule has 0 fully saturated rings. The second-order valence-corrected chi connectivity index (χ2v) is 5.71. The zero-order chi connectivity index (χ0) is 16.2. The number of nitrogens with zero attached hydrogens (tertiary/aromatic N) is 2. The van der Waals surface area contributed by atoms with Gasteiger partial charge in [-0.2, -0.15) is 0 Å². The smallest absolute Gasteiger partial charge is 0.257 e. The Balaban J connectivity index is 1.73. The van der Waals surface area contributed by atoms with Crippen molar-refractivity contribution in [3.63, 3.8) is 0 Å². The van der Waals surface area contributed by atoms with Crippen LogP contribution in [0.25, 0.3) is 11.0 Å². The fourth-order valence-corrected chi connectivity index (χ4v) is 2.02. The first-order valence-electron chi connectivity index (χ1n) is 6.70. The van der Waals surface area contributed by atoms with E-state index in [9.17, 15) is 4.79 Å². The molecule has 1 heterocycles. The highest BCUT2D eigenvalue weighted by Crippen LogP contribution is 2.23. The van der Waals surface area contributed by atoms with Crippen LogP contribution >= 0.6 is 23.2 Å². The van der Waals surface area contributed by atoms with E-state index in [1.807, 2.05) is 24.3 Å². The molecule has 7 heteroatoms. The zero-order valence-corrected chi connectivity index (χ0v) is 13.3. The molecule has 0 bridgehead atoms. The summed E-state index contributed by atoms with van der Waals surface area (Å²) in [5, 5.41) is 2.57. The van der Waals surface area contributed by atoms with E-state index in [0.29, 0.717) is 17.3 Å². The number of aromatic nitrogens is 2. The average Bonchev–Trinajstić information content (AvgIpc) is 2.56. The van der Waals surface area contributed by atoms with Crippen LogP contribution in [0.3, 0.4) is 0 Å². The number of anilines is 1. The molecule has 3 aromatic rings. The average molecular weight is 348 g/mol. The number of nitrogens with one attached hydrogen (secondary N) is 1. The molecule has 0 unspecified atom stereocenters. The Morgan fingerprint density at radius 1 is 1.04 bits per heavy atom. The molecule has 0 aliphatic heterocycles. The summed E-state index contributed by atoms with van der Waals surface area (Å²) in [6.07, 6.45) is 1.56. The maximum Gasteiger partial charge on any atom is 0.257 e. The van der Waals surface area contributed by atoms with Gasteiger partial charge < -0.3 is 10.1 Å². The molecule has 0 aliphatic rings. The number of carbonyl (C=O) groups is 1. The molecule has 1 amide bonds. The van der Waals surface area contributed by atoms with Gasteiger partial charge in [0.25, 0.3) is 5.91 Å². The third-order valence-electron chi connectivity index (χ3n) is 2.97. The highest BCUT2D eigenvalue weighted by molar-refractivity contribution is 6.54. The number of hydrogen-bond acceptors (Lipinski definition) is 4. The van der Waals surface area contributed by atoms with Crippen LogP contribution in [-0.4, -0.2) is 20.7 Å². The lowest BCUT2D eigenvalue weighted by Gasteiger charge is -2.08. The van der Waals surface area contributed by atoms with Gasteiger partial charge in [-0.3, -0.25) is 4.79 Å². The van der Waals surface area contributed by atoms with E-state index < -0.39 is 10.7 Å². The number of hydrogen-bond donors (Lipinski definition) is 1. The van der Waals surface area contributed by atoms with Gasteiger partial charge in [0.15, 0.2) is 4.84 Å². The number of halogens is 2. The highest BCUT2D eigenvalue weighted by Gasteiger charge is 2.11. The van der Waals surface area contributed by atoms with Gasteiger partial charge in [-0.25, -0.2) is 9.97 Å². The number of rotatable bonds is 4. The molecular weight excluding hydrogens is 337 g/mol. The van der Waals surface area contributed by atoms with Crippen LogP contribution in [0, 0.1) is 0 Å². The fourth-order valence-electron chi connectivity index (χ4n) is 1.91. The monoisotopic (exact) mass is 347 g/mol. The van der Waals surface area contributed by atoms with Crippen LogP contribution in [-0.2, 0) is 4.79 Å². The van der Waals surface area contributed by atoms with Crippen molar-refractivity contribution in [2.75, 3.05) is 5.32 Å². The molecule has 0 atom stereocenters. The number of para-hydroxylation sites is 2. The summed E-state index contributed by atoms with van der Waals surface area (Å²) in [7, 11) is 0. The minimum atomic E-state index is -1.11. The van der Waals surface area contributed by atoms with Gasteiger partial charge in [0.1, 0.15) is 5.75 Å². The van der Waals surface area contributed by atoms with Crippen LogP contribution in [0.2, 0.25) is 0 Å². The zero-order valence-electron chi connectivity index (χ0n) is 11.7. The van der Waals surface area contributed by atoms with Gasteiger partial charge in [0, 0.05) is 5.69 Å². The lowest BCUT2D eigenvalue weighted by molar-refractivity contribution is -0.114. The van der Waals surface area contributed by atoms with E-state index in [-0.39, 0.29) is 0 Å². The van der Waals surface area contributed by atoms with Crippen LogP contribution in [0.5, 0.6) is 11.6 Å². The lowest BCUT2D eigenvalue weighted by Crippen LogP contribution is -2.18. The van der Waals surface area contributed by atoms with E-state index >= 15 is 0 Å². The number of ether oxygens (including phenoxy) is 1. The second kappa shape index (κ2) is 6.81. The van der Waals surface area contributed by atoms with Gasteiger partial charge in [0.2, 0.25) is 5.88 Å². The first-order valence-corrected chi connectivity index (χ1v) is 7.58. The lowest BCUT2D eigenvalue weighted by atomic mass is 10.3.